The summed E-state index contributed by atoms with van der Waals surface area (Å²) in [5.74, 6) is 0.617. The zero-order chi connectivity index (χ0) is 14.7. The van der Waals surface area contributed by atoms with E-state index in [-0.39, 0.29) is 5.78 Å². The Kier molecular flexibility index (Phi) is 4.77. The number of halogens is 1. The van der Waals surface area contributed by atoms with Crippen LogP contribution in [0.3, 0.4) is 0 Å². The van der Waals surface area contributed by atoms with Gasteiger partial charge in [-0.3, -0.25) is 4.79 Å². The molecule has 0 aromatic heterocycles. The molecule has 0 bridgehead atoms. The van der Waals surface area contributed by atoms with E-state index in [4.69, 9.17) is 0 Å². The van der Waals surface area contributed by atoms with Gasteiger partial charge >= 0.3 is 0 Å². The van der Waals surface area contributed by atoms with Crippen LogP contribution in [0.2, 0.25) is 0 Å². The highest BCUT2D eigenvalue weighted by molar-refractivity contribution is 9.10. The molecule has 1 atom stereocenters. The molecule has 2 rings (SSSR count). The Balaban J connectivity index is 2.32. The molecule has 0 aliphatic heterocycles. The third-order valence-electron chi connectivity index (χ3n) is 3.87. The van der Waals surface area contributed by atoms with Crippen LogP contribution in [0.1, 0.15) is 53.2 Å². The molecule has 2 aromatic carbocycles. The quantitative estimate of drug-likeness (QED) is 0.676. The van der Waals surface area contributed by atoms with Crippen LogP contribution in [0, 0.1) is 6.92 Å². The second kappa shape index (κ2) is 6.36. The molecular weight excluding hydrogens is 312 g/mol. The molecule has 0 saturated heterocycles. The number of ketones is 1. The van der Waals surface area contributed by atoms with Gasteiger partial charge in [0.1, 0.15) is 0 Å². The molecule has 0 radical (unpaired) electrons. The van der Waals surface area contributed by atoms with E-state index in [1.165, 1.54) is 5.56 Å². The first-order chi connectivity index (χ1) is 9.54. The van der Waals surface area contributed by atoms with Gasteiger partial charge in [0.25, 0.3) is 0 Å². The molecule has 1 unspecified atom stereocenters. The fourth-order valence-corrected chi connectivity index (χ4v) is 2.57. The van der Waals surface area contributed by atoms with Crippen LogP contribution in [-0.2, 0) is 0 Å². The minimum absolute atomic E-state index is 0.0829. The number of benzene rings is 2. The summed E-state index contributed by atoms with van der Waals surface area (Å²) >= 11 is 3.47. The van der Waals surface area contributed by atoms with Crippen LogP contribution < -0.4 is 0 Å². The summed E-state index contributed by atoms with van der Waals surface area (Å²) < 4.78 is 0.972. The average Bonchev–Trinajstić information content (AvgIpc) is 2.48. The maximum atomic E-state index is 12.5. The first kappa shape index (κ1) is 15.0. The van der Waals surface area contributed by atoms with E-state index in [2.05, 4.69) is 41.9 Å². The second-order valence-corrected chi connectivity index (χ2v) is 6.03. The first-order valence-corrected chi connectivity index (χ1v) is 7.73. The minimum atomic E-state index is 0.0829. The Hall–Kier alpha value is -1.41. The smallest absolute Gasteiger partial charge is 0.193 e. The van der Waals surface area contributed by atoms with Crippen molar-refractivity contribution in [1.82, 2.24) is 0 Å². The molecule has 0 aliphatic rings. The molecule has 2 aromatic rings. The number of hydrogen-bond donors (Lipinski definition) is 0. The van der Waals surface area contributed by atoms with Crippen LogP contribution in [0.25, 0.3) is 0 Å². The van der Waals surface area contributed by atoms with Crippen LogP contribution in [-0.4, -0.2) is 5.78 Å². The number of rotatable bonds is 4. The van der Waals surface area contributed by atoms with Gasteiger partial charge in [-0.1, -0.05) is 66.2 Å². The summed E-state index contributed by atoms with van der Waals surface area (Å²) in [6.45, 7) is 6.34. The van der Waals surface area contributed by atoms with Crippen LogP contribution in [0.5, 0.6) is 0 Å². The molecule has 20 heavy (non-hydrogen) atoms. The fourth-order valence-electron chi connectivity index (χ4n) is 2.21. The lowest BCUT2D eigenvalue weighted by Gasteiger charge is -2.10. The Morgan fingerprint density at radius 3 is 2.40 bits per heavy atom. The van der Waals surface area contributed by atoms with Gasteiger partial charge in [-0.2, -0.15) is 0 Å². The van der Waals surface area contributed by atoms with Crippen molar-refractivity contribution < 1.29 is 4.79 Å². The van der Waals surface area contributed by atoms with Crippen molar-refractivity contribution in [1.29, 1.82) is 0 Å². The molecule has 0 heterocycles. The lowest BCUT2D eigenvalue weighted by atomic mass is 9.94. The van der Waals surface area contributed by atoms with Gasteiger partial charge in [0.2, 0.25) is 0 Å². The summed E-state index contributed by atoms with van der Waals surface area (Å²) in [4.78, 5) is 12.5. The summed E-state index contributed by atoms with van der Waals surface area (Å²) in [5, 5.41) is 0. The van der Waals surface area contributed by atoms with Crippen molar-refractivity contribution >= 4 is 21.7 Å². The van der Waals surface area contributed by atoms with Gasteiger partial charge in [0.05, 0.1) is 0 Å². The predicted molar refractivity (Wildman–Crippen MR) is 87.5 cm³/mol. The molecule has 0 aliphatic carbocycles. The van der Waals surface area contributed by atoms with Crippen LogP contribution >= 0.6 is 15.9 Å². The minimum Gasteiger partial charge on any atom is -0.289 e. The highest BCUT2D eigenvalue weighted by atomic mass is 79.9. The lowest BCUT2D eigenvalue weighted by Crippen LogP contribution is -2.04. The summed E-state index contributed by atoms with van der Waals surface area (Å²) in [7, 11) is 0. The van der Waals surface area contributed by atoms with E-state index in [1.807, 2.05) is 37.3 Å². The third kappa shape index (κ3) is 3.01. The van der Waals surface area contributed by atoms with E-state index in [0.717, 1.165) is 27.6 Å². The topological polar surface area (TPSA) is 17.1 Å². The standard InChI is InChI=1S/C18H19BrO/c1-4-12(2)14-8-10-15(11-9-14)18(20)16-6-5-7-17(19)13(16)3/h5-12H,4H2,1-3H3. The number of carbonyl (C=O) groups is 1. The Morgan fingerprint density at radius 2 is 1.80 bits per heavy atom. The molecule has 0 fully saturated rings. The van der Waals surface area contributed by atoms with E-state index < -0.39 is 0 Å². The predicted octanol–water partition coefficient (Wildman–Crippen LogP) is 5.50. The zero-order valence-electron chi connectivity index (χ0n) is 12.1. The molecule has 2 heteroatoms. The second-order valence-electron chi connectivity index (χ2n) is 5.17. The monoisotopic (exact) mass is 330 g/mol. The largest absolute Gasteiger partial charge is 0.289 e. The van der Waals surface area contributed by atoms with Crippen LogP contribution in [0.4, 0.5) is 0 Å². The average molecular weight is 331 g/mol. The molecule has 0 spiro atoms. The SMILES string of the molecule is CCC(C)c1ccc(C(=O)c2cccc(Br)c2C)cc1. The van der Waals surface area contributed by atoms with Crippen molar-refractivity contribution in [2.24, 2.45) is 0 Å². The highest BCUT2D eigenvalue weighted by Gasteiger charge is 2.13. The van der Waals surface area contributed by atoms with Gasteiger partial charge in [-0.25, -0.2) is 0 Å². The van der Waals surface area contributed by atoms with E-state index in [9.17, 15) is 4.79 Å². The van der Waals surface area contributed by atoms with Crippen molar-refractivity contribution in [3.8, 4) is 0 Å². The summed E-state index contributed by atoms with van der Waals surface area (Å²) in [6, 6.07) is 13.7. The lowest BCUT2D eigenvalue weighted by molar-refractivity contribution is 0.103. The zero-order valence-corrected chi connectivity index (χ0v) is 13.7. The number of hydrogen-bond acceptors (Lipinski definition) is 1. The molecular formula is C18H19BrO. The van der Waals surface area contributed by atoms with E-state index in [1.54, 1.807) is 0 Å². The molecule has 0 amide bonds. The molecule has 1 nitrogen and oxygen atoms in total. The molecule has 0 N–H and O–H groups in total. The Labute approximate surface area is 129 Å². The maximum Gasteiger partial charge on any atom is 0.193 e. The van der Waals surface area contributed by atoms with Gasteiger partial charge in [0.15, 0.2) is 5.78 Å². The van der Waals surface area contributed by atoms with Crippen molar-refractivity contribution in [3.05, 3.63) is 69.2 Å². The Morgan fingerprint density at radius 1 is 1.15 bits per heavy atom. The third-order valence-corrected chi connectivity index (χ3v) is 4.73. The van der Waals surface area contributed by atoms with E-state index >= 15 is 0 Å². The van der Waals surface area contributed by atoms with Crippen molar-refractivity contribution in [2.75, 3.05) is 0 Å². The molecule has 0 saturated carbocycles. The summed E-state index contributed by atoms with van der Waals surface area (Å²) in [5.41, 5.74) is 3.78. The van der Waals surface area contributed by atoms with E-state index in [0.29, 0.717) is 5.92 Å². The maximum absolute atomic E-state index is 12.5. The normalized spacial score (nSPS) is 12.2. The first-order valence-electron chi connectivity index (χ1n) is 6.94. The molecule has 104 valence electrons. The number of carbonyl (C=O) groups excluding carboxylic acids is 1. The van der Waals surface area contributed by atoms with Gasteiger partial charge in [-0.15, -0.1) is 0 Å². The van der Waals surface area contributed by atoms with Gasteiger partial charge in [-0.05, 0) is 36.5 Å². The van der Waals surface area contributed by atoms with Crippen molar-refractivity contribution in [3.63, 3.8) is 0 Å². The highest BCUT2D eigenvalue weighted by Crippen LogP contribution is 2.23. The van der Waals surface area contributed by atoms with Crippen LogP contribution in [0.15, 0.2) is 46.9 Å². The summed E-state index contributed by atoms with van der Waals surface area (Å²) in [6.07, 6.45) is 1.11. The Bertz CT molecular complexity index is 614. The fraction of sp³-hybridized carbons (Fsp3) is 0.278. The van der Waals surface area contributed by atoms with Gasteiger partial charge in [0, 0.05) is 15.6 Å². The van der Waals surface area contributed by atoms with Gasteiger partial charge < -0.3 is 0 Å². The van der Waals surface area contributed by atoms with Crippen molar-refractivity contribution in [2.45, 2.75) is 33.1 Å².